The molecule has 0 radical (unpaired) electrons. The Balaban J connectivity index is 1.47. The van der Waals surface area contributed by atoms with Crippen LogP contribution in [-0.4, -0.2) is 31.8 Å². The van der Waals surface area contributed by atoms with E-state index < -0.39 is 0 Å². The summed E-state index contributed by atoms with van der Waals surface area (Å²) >= 11 is 0. The van der Waals surface area contributed by atoms with Crippen LogP contribution in [0.3, 0.4) is 0 Å². The van der Waals surface area contributed by atoms with Gasteiger partial charge in [0.1, 0.15) is 17.2 Å². The molecule has 8 heteroatoms. The van der Waals surface area contributed by atoms with Crippen LogP contribution in [0.5, 0.6) is 5.88 Å². The highest BCUT2D eigenvalue weighted by Gasteiger charge is 2.24. The van der Waals surface area contributed by atoms with Gasteiger partial charge in [0.15, 0.2) is 5.82 Å². The first-order chi connectivity index (χ1) is 16.0. The van der Waals surface area contributed by atoms with Gasteiger partial charge in [-0.15, -0.1) is 10.2 Å². The SMILES string of the molecule is COc1nc(-c2nnc(N[C@@H](C)c3ccc(F)cc3)c3c2CCC3)ccc1-n1cnc(C)c1. The first kappa shape index (κ1) is 21.1. The summed E-state index contributed by atoms with van der Waals surface area (Å²) in [6.45, 7) is 3.98. The minimum atomic E-state index is -0.242. The fourth-order valence-corrected chi connectivity index (χ4v) is 4.31. The Morgan fingerprint density at radius 2 is 1.85 bits per heavy atom. The van der Waals surface area contributed by atoms with E-state index in [9.17, 15) is 4.39 Å². The molecule has 1 aliphatic rings. The molecular formula is C25H25FN6O. The first-order valence-electron chi connectivity index (χ1n) is 11.0. The highest BCUT2D eigenvalue weighted by molar-refractivity contribution is 5.67. The van der Waals surface area contributed by atoms with E-state index >= 15 is 0 Å². The molecule has 0 saturated carbocycles. The molecule has 0 spiro atoms. The number of hydrogen-bond donors (Lipinski definition) is 1. The summed E-state index contributed by atoms with van der Waals surface area (Å²) in [6.07, 6.45) is 6.57. The molecule has 3 heterocycles. The molecule has 168 valence electrons. The molecule has 4 aromatic rings. The smallest absolute Gasteiger partial charge is 0.238 e. The number of nitrogens with one attached hydrogen (secondary N) is 1. The number of pyridine rings is 1. The van der Waals surface area contributed by atoms with E-state index in [4.69, 9.17) is 9.72 Å². The Hall–Kier alpha value is -3.81. The van der Waals surface area contributed by atoms with E-state index in [-0.39, 0.29) is 11.9 Å². The number of ether oxygens (including phenoxy) is 1. The normalized spacial score (nSPS) is 13.6. The second-order valence-corrected chi connectivity index (χ2v) is 8.27. The molecule has 1 atom stereocenters. The van der Waals surface area contributed by atoms with Crippen molar-refractivity contribution in [3.8, 4) is 23.0 Å². The van der Waals surface area contributed by atoms with Crippen molar-refractivity contribution in [2.24, 2.45) is 0 Å². The molecule has 0 saturated heterocycles. The van der Waals surface area contributed by atoms with Crippen molar-refractivity contribution in [1.82, 2.24) is 24.7 Å². The van der Waals surface area contributed by atoms with Gasteiger partial charge < -0.3 is 14.6 Å². The van der Waals surface area contributed by atoms with Gasteiger partial charge >= 0.3 is 0 Å². The third-order valence-electron chi connectivity index (χ3n) is 6.03. The maximum Gasteiger partial charge on any atom is 0.238 e. The van der Waals surface area contributed by atoms with E-state index in [0.29, 0.717) is 5.88 Å². The number of fused-ring (bicyclic) bond motifs is 1. The lowest BCUT2D eigenvalue weighted by Crippen LogP contribution is -2.12. The Morgan fingerprint density at radius 1 is 1.06 bits per heavy atom. The molecule has 5 rings (SSSR count). The van der Waals surface area contributed by atoms with Gasteiger partial charge in [-0.05, 0) is 68.5 Å². The molecule has 1 aromatic carbocycles. The van der Waals surface area contributed by atoms with Gasteiger partial charge in [0.2, 0.25) is 5.88 Å². The summed E-state index contributed by atoms with van der Waals surface area (Å²) in [7, 11) is 1.61. The zero-order valence-corrected chi connectivity index (χ0v) is 18.8. The van der Waals surface area contributed by atoms with Gasteiger partial charge in [-0.2, -0.15) is 0 Å². The molecule has 7 nitrogen and oxygen atoms in total. The van der Waals surface area contributed by atoms with Crippen molar-refractivity contribution in [1.29, 1.82) is 0 Å². The van der Waals surface area contributed by atoms with Gasteiger partial charge in [-0.3, -0.25) is 0 Å². The van der Waals surface area contributed by atoms with E-state index in [1.165, 1.54) is 23.3 Å². The van der Waals surface area contributed by atoms with Crippen LogP contribution in [0.4, 0.5) is 10.2 Å². The maximum absolute atomic E-state index is 13.3. The van der Waals surface area contributed by atoms with E-state index in [2.05, 4.69) is 20.5 Å². The minimum Gasteiger partial charge on any atom is -0.479 e. The lowest BCUT2D eigenvalue weighted by molar-refractivity contribution is 0.396. The molecule has 1 aliphatic carbocycles. The average Bonchev–Trinajstić information content (AvgIpc) is 3.49. The quantitative estimate of drug-likeness (QED) is 0.458. The van der Waals surface area contributed by atoms with Gasteiger partial charge in [0, 0.05) is 11.8 Å². The summed E-state index contributed by atoms with van der Waals surface area (Å²) in [4.78, 5) is 9.03. The topological polar surface area (TPSA) is 77.8 Å². The number of benzene rings is 1. The maximum atomic E-state index is 13.3. The Bertz CT molecular complexity index is 1300. The summed E-state index contributed by atoms with van der Waals surface area (Å²) in [5.74, 6) is 1.04. The number of rotatable bonds is 6. The number of imidazole rings is 1. The van der Waals surface area contributed by atoms with Crippen LogP contribution >= 0.6 is 0 Å². The highest BCUT2D eigenvalue weighted by atomic mass is 19.1. The Morgan fingerprint density at radius 3 is 2.58 bits per heavy atom. The fourth-order valence-electron chi connectivity index (χ4n) is 4.31. The molecule has 3 aromatic heterocycles. The average molecular weight is 445 g/mol. The number of anilines is 1. The first-order valence-corrected chi connectivity index (χ1v) is 11.0. The number of aryl methyl sites for hydroxylation is 1. The van der Waals surface area contributed by atoms with E-state index in [1.807, 2.05) is 36.7 Å². The minimum absolute atomic E-state index is 0.0217. The predicted molar refractivity (Wildman–Crippen MR) is 124 cm³/mol. The molecule has 0 fully saturated rings. The predicted octanol–water partition coefficient (Wildman–Crippen LogP) is 4.84. The molecule has 1 N–H and O–H groups in total. The van der Waals surface area contributed by atoms with Crippen LogP contribution in [-0.2, 0) is 12.8 Å². The largest absolute Gasteiger partial charge is 0.479 e. The summed E-state index contributed by atoms with van der Waals surface area (Å²) < 4.78 is 20.7. The van der Waals surface area contributed by atoms with Gasteiger partial charge in [0.05, 0.1) is 30.9 Å². The van der Waals surface area contributed by atoms with Crippen LogP contribution in [0.2, 0.25) is 0 Å². The second kappa shape index (κ2) is 8.61. The second-order valence-electron chi connectivity index (χ2n) is 8.27. The van der Waals surface area contributed by atoms with Crippen molar-refractivity contribution in [2.75, 3.05) is 12.4 Å². The number of nitrogens with zero attached hydrogens (tertiary/aromatic N) is 5. The third kappa shape index (κ3) is 4.04. The summed E-state index contributed by atoms with van der Waals surface area (Å²) in [5.41, 5.74) is 6.58. The lowest BCUT2D eigenvalue weighted by Gasteiger charge is -2.18. The number of hydrogen-bond acceptors (Lipinski definition) is 6. The van der Waals surface area contributed by atoms with Crippen molar-refractivity contribution in [3.63, 3.8) is 0 Å². The lowest BCUT2D eigenvalue weighted by atomic mass is 10.1. The number of methoxy groups -OCH3 is 1. The zero-order valence-electron chi connectivity index (χ0n) is 18.8. The van der Waals surface area contributed by atoms with Crippen LogP contribution < -0.4 is 10.1 Å². The van der Waals surface area contributed by atoms with E-state index in [0.717, 1.165) is 53.4 Å². The van der Waals surface area contributed by atoms with E-state index in [1.54, 1.807) is 25.6 Å². The molecular weight excluding hydrogens is 419 g/mol. The van der Waals surface area contributed by atoms with Crippen LogP contribution in [0.25, 0.3) is 17.1 Å². The van der Waals surface area contributed by atoms with Crippen LogP contribution in [0.1, 0.15) is 41.8 Å². The van der Waals surface area contributed by atoms with Crippen molar-refractivity contribution in [3.05, 3.63) is 77.1 Å². The fraction of sp³-hybridized carbons (Fsp3) is 0.280. The molecule has 0 bridgehead atoms. The molecule has 33 heavy (non-hydrogen) atoms. The molecule has 0 amide bonds. The zero-order chi connectivity index (χ0) is 22.9. The molecule has 0 aliphatic heterocycles. The summed E-state index contributed by atoms with van der Waals surface area (Å²) in [5, 5.41) is 12.5. The standard InChI is InChI=1S/C25H25FN6O/c1-15-13-32(14-27-15)22-12-11-21(29-25(22)33-3)23-19-5-4-6-20(19)24(31-30-23)28-16(2)17-7-9-18(26)10-8-17/h7-14,16H,4-6H2,1-3H3,(H,28,31)/t16-/m0/s1. The number of halogens is 1. The third-order valence-corrected chi connectivity index (χ3v) is 6.03. The van der Waals surface area contributed by atoms with Crippen molar-refractivity contribution >= 4 is 5.82 Å². The van der Waals surface area contributed by atoms with Gasteiger partial charge in [-0.25, -0.2) is 14.4 Å². The monoisotopic (exact) mass is 444 g/mol. The van der Waals surface area contributed by atoms with Gasteiger partial charge in [-0.1, -0.05) is 12.1 Å². The highest BCUT2D eigenvalue weighted by Crippen LogP contribution is 2.36. The van der Waals surface area contributed by atoms with Crippen LogP contribution in [0.15, 0.2) is 48.9 Å². The van der Waals surface area contributed by atoms with Crippen molar-refractivity contribution in [2.45, 2.75) is 39.2 Å². The molecule has 0 unspecified atom stereocenters. The number of aromatic nitrogens is 5. The van der Waals surface area contributed by atoms with Crippen LogP contribution in [0, 0.1) is 12.7 Å². The Kier molecular flexibility index (Phi) is 5.50. The summed E-state index contributed by atoms with van der Waals surface area (Å²) in [6, 6.07) is 10.4. The Labute approximate surface area is 191 Å². The van der Waals surface area contributed by atoms with Crippen molar-refractivity contribution < 1.29 is 9.13 Å². The van der Waals surface area contributed by atoms with Gasteiger partial charge in [0.25, 0.3) is 0 Å².